The van der Waals surface area contributed by atoms with Gasteiger partial charge in [-0.25, -0.2) is 8.42 Å². The van der Waals surface area contributed by atoms with Gasteiger partial charge in [-0.2, -0.15) is 0 Å². The van der Waals surface area contributed by atoms with Crippen molar-refractivity contribution in [1.29, 1.82) is 0 Å². The standard InChI is InChI=1S/C19H16BN3O6S/c24-15-5-6-18(17(9-15)22-19(25)12-2-1-7-21-10-12)30(27,28)23-14-4-3-13-11-29-20(26)16(13)8-14/h1-10,23-24,26H,11H2,(H,22,25). The molecular formula is C19H16BN3O6S. The highest BCUT2D eigenvalue weighted by Gasteiger charge is 2.28. The number of hydrogen-bond acceptors (Lipinski definition) is 7. The van der Waals surface area contributed by atoms with Gasteiger partial charge in [-0.15, -0.1) is 0 Å². The number of nitrogens with one attached hydrogen (secondary N) is 2. The van der Waals surface area contributed by atoms with Crippen molar-refractivity contribution in [2.75, 3.05) is 10.0 Å². The Hall–Kier alpha value is -3.41. The van der Waals surface area contributed by atoms with Crippen LogP contribution in [0.25, 0.3) is 0 Å². The Morgan fingerprint density at radius 2 is 2.00 bits per heavy atom. The first kappa shape index (κ1) is 19.9. The Morgan fingerprint density at radius 3 is 2.77 bits per heavy atom. The second kappa shape index (κ2) is 7.79. The molecule has 0 saturated carbocycles. The lowest BCUT2D eigenvalue weighted by Crippen LogP contribution is -2.28. The zero-order valence-electron chi connectivity index (χ0n) is 15.4. The molecule has 0 atom stereocenters. The van der Waals surface area contributed by atoms with E-state index >= 15 is 0 Å². The van der Waals surface area contributed by atoms with Crippen LogP contribution in [-0.2, 0) is 21.3 Å². The largest absolute Gasteiger partial charge is 0.508 e. The fraction of sp³-hybridized carbons (Fsp3) is 0.0526. The molecule has 9 nitrogen and oxygen atoms in total. The number of phenols is 1. The van der Waals surface area contributed by atoms with Crippen molar-refractivity contribution in [2.24, 2.45) is 0 Å². The molecule has 0 unspecified atom stereocenters. The number of pyridine rings is 1. The Morgan fingerprint density at radius 1 is 1.17 bits per heavy atom. The molecule has 0 radical (unpaired) electrons. The zero-order valence-corrected chi connectivity index (χ0v) is 16.3. The maximum absolute atomic E-state index is 13.0. The first-order chi connectivity index (χ1) is 14.3. The van der Waals surface area contributed by atoms with Crippen LogP contribution in [0.1, 0.15) is 15.9 Å². The van der Waals surface area contributed by atoms with Crippen molar-refractivity contribution in [1.82, 2.24) is 4.98 Å². The van der Waals surface area contributed by atoms with Crippen molar-refractivity contribution in [3.63, 3.8) is 0 Å². The minimum atomic E-state index is -4.14. The van der Waals surface area contributed by atoms with E-state index in [9.17, 15) is 23.3 Å². The summed E-state index contributed by atoms with van der Waals surface area (Å²) in [4.78, 5) is 16.1. The fourth-order valence-electron chi connectivity index (χ4n) is 3.03. The smallest absolute Gasteiger partial charge is 0.491 e. The van der Waals surface area contributed by atoms with Gasteiger partial charge < -0.3 is 20.1 Å². The topological polar surface area (TPSA) is 138 Å². The van der Waals surface area contributed by atoms with Crippen molar-refractivity contribution < 1.29 is 28.0 Å². The number of amides is 1. The van der Waals surface area contributed by atoms with Gasteiger partial charge in [-0.3, -0.25) is 14.5 Å². The number of rotatable bonds is 5. The van der Waals surface area contributed by atoms with Crippen LogP contribution in [0.3, 0.4) is 0 Å². The predicted octanol–water partition coefficient (Wildman–Crippen LogP) is 1.06. The summed E-state index contributed by atoms with van der Waals surface area (Å²) in [6.07, 6.45) is 2.84. The lowest BCUT2D eigenvalue weighted by molar-refractivity contribution is 0.102. The zero-order chi connectivity index (χ0) is 21.3. The second-order valence-electron chi connectivity index (χ2n) is 6.56. The van der Waals surface area contributed by atoms with E-state index in [4.69, 9.17) is 4.65 Å². The summed E-state index contributed by atoms with van der Waals surface area (Å²) in [6.45, 7) is 0.242. The molecule has 4 rings (SSSR count). The Bertz CT molecular complexity index is 1220. The third-order valence-corrected chi connectivity index (χ3v) is 5.92. The summed E-state index contributed by atoms with van der Waals surface area (Å²) in [6, 6.07) is 11.3. The number of aromatic hydroxyl groups is 1. The minimum absolute atomic E-state index is 0.0964. The van der Waals surface area contributed by atoms with Crippen LogP contribution in [0.15, 0.2) is 65.8 Å². The first-order valence-corrected chi connectivity index (χ1v) is 10.3. The van der Waals surface area contributed by atoms with Gasteiger partial charge in [0.15, 0.2) is 0 Å². The highest BCUT2D eigenvalue weighted by atomic mass is 32.2. The molecule has 1 aliphatic rings. The van der Waals surface area contributed by atoms with E-state index in [1.807, 2.05) is 0 Å². The van der Waals surface area contributed by atoms with Gasteiger partial charge in [-0.05, 0) is 47.4 Å². The van der Waals surface area contributed by atoms with E-state index in [2.05, 4.69) is 15.0 Å². The monoisotopic (exact) mass is 425 g/mol. The molecule has 1 aromatic heterocycles. The van der Waals surface area contributed by atoms with Crippen LogP contribution in [0.2, 0.25) is 0 Å². The maximum atomic E-state index is 13.0. The van der Waals surface area contributed by atoms with E-state index in [1.165, 1.54) is 36.7 Å². The summed E-state index contributed by atoms with van der Waals surface area (Å²) in [5.74, 6) is -0.795. The Balaban J connectivity index is 1.64. The average Bonchev–Trinajstić information content (AvgIpc) is 3.08. The molecular weight excluding hydrogens is 409 g/mol. The lowest BCUT2D eigenvalue weighted by Gasteiger charge is -2.14. The molecule has 11 heteroatoms. The van der Waals surface area contributed by atoms with Crippen LogP contribution in [-0.4, -0.2) is 36.6 Å². The van der Waals surface area contributed by atoms with Crippen molar-refractivity contribution >= 4 is 39.9 Å². The maximum Gasteiger partial charge on any atom is 0.491 e. The van der Waals surface area contributed by atoms with Crippen LogP contribution >= 0.6 is 0 Å². The number of phenolic OH excluding ortho intramolecular Hbond substituents is 1. The number of carbonyl (C=O) groups is 1. The number of aromatic nitrogens is 1. The average molecular weight is 425 g/mol. The molecule has 152 valence electrons. The number of benzene rings is 2. The molecule has 4 N–H and O–H groups in total. The Kier molecular flexibility index (Phi) is 5.16. The molecule has 30 heavy (non-hydrogen) atoms. The SMILES string of the molecule is O=C(Nc1cc(O)ccc1S(=O)(=O)Nc1ccc2c(c1)B(O)OC2)c1cccnc1. The van der Waals surface area contributed by atoms with Gasteiger partial charge in [0.2, 0.25) is 0 Å². The van der Waals surface area contributed by atoms with E-state index in [-0.39, 0.29) is 34.2 Å². The van der Waals surface area contributed by atoms with Gasteiger partial charge in [0.1, 0.15) is 10.6 Å². The predicted molar refractivity (Wildman–Crippen MR) is 110 cm³/mol. The summed E-state index contributed by atoms with van der Waals surface area (Å²) >= 11 is 0. The summed E-state index contributed by atoms with van der Waals surface area (Å²) < 4.78 is 33.5. The summed E-state index contributed by atoms with van der Waals surface area (Å²) in [5, 5.41) is 22.1. The highest BCUT2D eigenvalue weighted by Crippen LogP contribution is 2.28. The highest BCUT2D eigenvalue weighted by molar-refractivity contribution is 7.92. The van der Waals surface area contributed by atoms with Crippen LogP contribution in [0.5, 0.6) is 5.75 Å². The van der Waals surface area contributed by atoms with Crippen molar-refractivity contribution in [3.05, 3.63) is 72.1 Å². The molecule has 0 saturated heterocycles. The van der Waals surface area contributed by atoms with E-state index in [0.29, 0.717) is 5.46 Å². The number of hydrogen-bond donors (Lipinski definition) is 4. The molecule has 3 aromatic rings. The van der Waals surface area contributed by atoms with Crippen molar-refractivity contribution in [3.8, 4) is 5.75 Å². The number of nitrogens with zero attached hydrogens (tertiary/aromatic N) is 1. The van der Waals surface area contributed by atoms with E-state index in [1.54, 1.807) is 18.2 Å². The van der Waals surface area contributed by atoms with Crippen LogP contribution < -0.4 is 15.5 Å². The molecule has 2 heterocycles. The normalized spacial score (nSPS) is 13.0. The number of anilines is 2. The first-order valence-electron chi connectivity index (χ1n) is 8.83. The van der Waals surface area contributed by atoms with Crippen molar-refractivity contribution in [2.45, 2.75) is 11.5 Å². The lowest BCUT2D eigenvalue weighted by atomic mass is 9.79. The Labute approximate surface area is 172 Å². The molecule has 2 aromatic carbocycles. The second-order valence-corrected chi connectivity index (χ2v) is 8.21. The molecule has 0 aliphatic carbocycles. The summed E-state index contributed by atoms with van der Waals surface area (Å²) in [5.41, 5.74) is 1.59. The quantitative estimate of drug-likeness (QED) is 0.449. The molecule has 0 fully saturated rings. The van der Waals surface area contributed by atoms with E-state index in [0.717, 1.165) is 11.6 Å². The molecule has 1 amide bonds. The molecule has 1 aliphatic heterocycles. The third-order valence-electron chi connectivity index (χ3n) is 4.49. The number of fused-ring (bicyclic) bond motifs is 1. The number of carbonyl (C=O) groups excluding carboxylic acids is 1. The number of sulfonamides is 1. The van der Waals surface area contributed by atoms with E-state index < -0.39 is 23.0 Å². The van der Waals surface area contributed by atoms with Gasteiger partial charge in [0.05, 0.1) is 17.9 Å². The van der Waals surface area contributed by atoms with Gasteiger partial charge in [-0.1, -0.05) is 6.07 Å². The molecule has 0 bridgehead atoms. The minimum Gasteiger partial charge on any atom is -0.508 e. The third kappa shape index (κ3) is 3.99. The summed E-state index contributed by atoms with van der Waals surface area (Å²) in [7, 11) is -5.26. The fourth-order valence-corrected chi connectivity index (χ4v) is 4.22. The van der Waals surface area contributed by atoms with Gasteiger partial charge in [0, 0.05) is 24.1 Å². The molecule has 0 spiro atoms. The van der Waals surface area contributed by atoms with Crippen LogP contribution in [0.4, 0.5) is 11.4 Å². The van der Waals surface area contributed by atoms with Crippen LogP contribution in [0, 0.1) is 0 Å². The van der Waals surface area contributed by atoms with Gasteiger partial charge >= 0.3 is 7.12 Å². The van der Waals surface area contributed by atoms with Gasteiger partial charge in [0.25, 0.3) is 15.9 Å².